The lowest BCUT2D eigenvalue weighted by atomic mass is 9.66. The van der Waals surface area contributed by atoms with Crippen LogP contribution in [0.25, 0.3) is 0 Å². The highest BCUT2D eigenvalue weighted by Crippen LogP contribution is 2.47. The van der Waals surface area contributed by atoms with Crippen LogP contribution in [0.1, 0.15) is 50.0 Å². The fourth-order valence-electron chi connectivity index (χ4n) is 3.19. The smallest absolute Gasteiger partial charge is 0.101 e. The van der Waals surface area contributed by atoms with Crippen molar-refractivity contribution in [1.82, 2.24) is 9.78 Å². The molecule has 1 aromatic heterocycles. The van der Waals surface area contributed by atoms with Crippen LogP contribution >= 0.6 is 0 Å². The molecule has 3 unspecified atom stereocenters. The highest BCUT2D eigenvalue weighted by molar-refractivity contribution is 5.24. The lowest BCUT2D eigenvalue weighted by Crippen LogP contribution is -2.33. The molecular weight excluding hydrogens is 226 g/mol. The summed E-state index contributed by atoms with van der Waals surface area (Å²) in [4.78, 5) is 0. The van der Waals surface area contributed by atoms with Gasteiger partial charge in [0.25, 0.3) is 0 Å². The average Bonchev–Trinajstić information content (AvgIpc) is 2.67. The van der Waals surface area contributed by atoms with Gasteiger partial charge in [0.2, 0.25) is 0 Å². The average molecular weight is 247 g/mol. The van der Waals surface area contributed by atoms with Gasteiger partial charge in [-0.05, 0) is 25.7 Å². The van der Waals surface area contributed by atoms with E-state index in [0.29, 0.717) is 5.92 Å². The van der Waals surface area contributed by atoms with Crippen LogP contribution in [0.2, 0.25) is 0 Å². The molecule has 1 aromatic rings. The van der Waals surface area contributed by atoms with Crippen LogP contribution in [-0.4, -0.2) is 14.9 Å². The summed E-state index contributed by atoms with van der Waals surface area (Å²) in [5, 5.41) is 24.4. The second-order valence-corrected chi connectivity index (χ2v) is 5.72. The largest absolute Gasteiger partial charge is 0.387 e. The Morgan fingerprint density at radius 1 is 1.67 bits per heavy atom. The van der Waals surface area contributed by atoms with E-state index >= 15 is 0 Å². The Morgan fingerprint density at radius 3 is 2.89 bits per heavy atom. The van der Waals surface area contributed by atoms with Crippen molar-refractivity contribution in [3.8, 4) is 6.07 Å². The summed E-state index contributed by atoms with van der Waals surface area (Å²) < 4.78 is 1.70. The number of hydrogen-bond acceptors (Lipinski definition) is 3. The van der Waals surface area contributed by atoms with Crippen LogP contribution in [0.3, 0.4) is 0 Å². The van der Waals surface area contributed by atoms with E-state index in [1.165, 1.54) is 0 Å². The van der Waals surface area contributed by atoms with Crippen molar-refractivity contribution in [2.24, 2.45) is 18.4 Å². The number of nitriles is 1. The first-order valence-corrected chi connectivity index (χ1v) is 6.58. The molecule has 0 bridgehead atoms. The Bertz CT molecular complexity index is 474. The minimum absolute atomic E-state index is 0.505. The van der Waals surface area contributed by atoms with Gasteiger partial charge in [0, 0.05) is 18.8 Å². The molecular formula is C14H21N3O. The summed E-state index contributed by atoms with van der Waals surface area (Å²) in [6.45, 7) is 4.05. The first-order valence-electron chi connectivity index (χ1n) is 6.58. The van der Waals surface area contributed by atoms with E-state index in [4.69, 9.17) is 0 Å². The molecule has 98 valence electrons. The maximum Gasteiger partial charge on any atom is 0.101 e. The second kappa shape index (κ2) is 4.74. The van der Waals surface area contributed by atoms with Crippen molar-refractivity contribution in [1.29, 1.82) is 5.26 Å². The fourth-order valence-corrected chi connectivity index (χ4v) is 3.19. The van der Waals surface area contributed by atoms with Crippen LogP contribution < -0.4 is 0 Å². The van der Waals surface area contributed by atoms with Crippen LogP contribution in [0, 0.1) is 29.6 Å². The van der Waals surface area contributed by atoms with E-state index < -0.39 is 11.5 Å². The summed E-state index contributed by atoms with van der Waals surface area (Å²) in [6.07, 6.45) is 4.84. The zero-order valence-corrected chi connectivity index (χ0v) is 11.3. The predicted molar refractivity (Wildman–Crippen MR) is 68.6 cm³/mol. The summed E-state index contributed by atoms with van der Waals surface area (Å²) >= 11 is 0. The van der Waals surface area contributed by atoms with Crippen molar-refractivity contribution in [3.05, 3.63) is 17.5 Å². The van der Waals surface area contributed by atoms with Gasteiger partial charge >= 0.3 is 0 Å². The topological polar surface area (TPSA) is 61.8 Å². The first-order chi connectivity index (χ1) is 8.48. The number of aromatic nitrogens is 2. The number of nitrogens with zero attached hydrogens (tertiary/aromatic N) is 3. The Morgan fingerprint density at radius 2 is 2.39 bits per heavy atom. The molecule has 2 rings (SSSR count). The van der Waals surface area contributed by atoms with E-state index in [-0.39, 0.29) is 0 Å². The standard InChI is InChI=1S/C14H21N3O/c1-10-5-4-6-14(7-10,9-15)13(18)12-8-17(3)16-11(12)2/h8,10,13,18H,4-7H2,1-3H3. The zero-order chi connectivity index (χ0) is 13.3. The van der Waals surface area contributed by atoms with Gasteiger partial charge in [-0.15, -0.1) is 0 Å². The molecule has 1 fully saturated rings. The summed E-state index contributed by atoms with van der Waals surface area (Å²) in [5.41, 5.74) is 0.983. The second-order valence-electron chi connectivity index (χ2n) is 5.72. The van der Waals surface area contributed by atoms with Crippen LogP contribution in [0.5, 0.6) is 0 Å². The molecule has 1 aliphatic rings. The Labute approximate surface area is 108 Å². The van der Waals surface area contributed by atoms with Gasteiger partial charge < -0.3 is 5.11 Å². The number of hydrogen-bond donors (Lipinski definition) is 1. The number of aryl methyl sites for hydroxylation is 2. The molecule has 0 spiro atoms. The summed E-state index contributed by atoms with van der Waals surface area (Å²) in [6, 6.07) is 2.40. The highest BCUT2D eigenvalue weighted by atomic mass is 16.3. The summed E-state index contributed by atoms with van der Waals surface area (Å²) in [5.74, 6) is 0.505. The predicted octanol–water partition coefficient (Wildman–Crippen LogP) is 2.48. The quantitative estimate of drug-likeness (QED) is 0.873. The van der Waals surface area contributed by atoms with Crippen LogP contribution in [0.4, 0.5) is 0 Å². The molecule has 1 N–H and O–H groups in total. The molecule has 0 saturated heterocycles. The molecule has 0 radical (unpaired) electrons. The van der Waals surface area contributed by atoms with E-state index in [0.717, 1.165) is 36.9 Å². The first kappa shape index (κ1) is 13.1. The minimum Gasteiger partial charge on any atom is -0.387 e. The van der Waals surface area contributed by atoms with Crippen LogP contribution in [-0.2, 0) is 7.05 Å². The minimum atomic E-state index is -0.723. The third kappa shape index (κ3) is 2.15. The van der Waals surface area contributed by atoms with E-state index in [9.17, 15) is 10.4 Å². The Balaban J connectivity index is 2.33. The fraction of sp³-hybridized carbons (Fsp3) is 0.714. The van der Waals surface area contributed by atoms with Crippen molar-refractivity contribution in [3.63, 3.8) is 0 Å². The highest BCUT2D eigenvalue weighted by Gasteiger charge is 2.43. The van der Waals surface area contributed by atoms with Crippen molar-refractivity contribution >= 4 is 0 Å². The lowest BCUT2D eigenvalue weighted by Gasteiger charge is -2.37. The van der Waals surface area contributed by atoms with Gasteiger partial charge in [0.15, 0.2) is 0 Å². The van der Waals surface area contributed by atoms with Gasteiger partial charge in [0.1, 0.15) is 6.10 Å². The SMILES string of the molecule is Cc1nn(C)cc1C(O)C1(C#N)CCCC(C)C1. The summed E-state index contributed by atoms with van der Waals surface area (Å²) in [7, 11) is 1.84. The molecule has 1 saturated carbocycles. The lowest BCUT2D eigenvalue weighted by molar-refractivity contribution is 0.0215. The van der Waals surface area contributed by atoms with Gasteiger partial charge in [-0.2, -0.15) is 10.4 Å². The van der Waals surface area contributed by atoms with Crippen molar-refractivity contribution in [2.75, 3.05) is 0 Å². The van der Waals surface area contributed by atoms with Gasteiger partial charge in [-0.3, -0.25) is 4.68 Å². The van der Waals surface area contributed by atoms with Gasteiger partial charge in [0.05, 0.1) is 17.2 Å². The number of aliphatic hydroxyl groups is 1. The maximum absolute atomic E-state index is 10.6. The van der Waals surface area contributed by atoms with E-state index in [2.05, 4.69) is 18.1 Å². The van der Waals surface area contributed by atoms with E-state index in [1.807, 2.05) is 20.2 Å². The Kier molecular flexibility index (Phi) is 3.45. The molecule has 0 amide bonds. The third-order valence-corrected chi connectivity index (χ3v) is 4.12. The van der Waals surface area contributed by atoms with E-state index in [1.54, 1.807) is 4.68 Å². The molecule has 0 aromatic carbocycles. The molecule has 1 heterocycles. The van der Waals surface area contributed by atoms with Crippen molar-refractivity contribution in [2.45, 2.75) is 45.6 Å². The number of rotatable bonds is 2. The molecule has 0 aliphatic heterocycles. The van der Waals surface area contributed by atoms with Gasteiger partial charge in [-0.25, -0.2) is 0 Å². The molecule has 1 aliphatic carbocycles. The third-order valence-electron chi connectivity index (χ3n) is 4.12. The normalized spacial score (nSPS) is 29.8. The zero-order valence-electron chi connectivity index (χ0n) is 11.3. The van der Waals surface area contributed by atoms with Crippen LogP contribution in [0.15, 0.2) is 6.20 Å². The molecule has 3 atom stereocenters. The number of aliphatic hydroxyl groups excluding tert-OH is 1. The molecule has 18 heavy (non-hydrogen) atoms. The molecule has 4 heteroatoms. The van der Waals surface area contributed by atoms with Crippen molar-refractivity contribution < 1.29 is 5.11 Å². The maximum atomic E-state index is 10.6. The Hall–Kier alpha value is -1.34. The monoisotopic (exact) mass is 247 g/mol. The molecule has 4 nitrogen and oxygen atoms in total. The van der Waals surface area contributed by atoms with Gasteiger partial charge in [-0.1, -0.05) is 19.8 Å².